The molecule has 10 atom stereocenters. The number of carbonyl (C=O) groups excluding carboxylic acids is 1. The second-order valence-electron chi connectivity index (χ2n) is 12.2. The maximum Gasteiger partial charge on any atom is 0.481 e. The molecule has 0 aliphatic carbocycles. The number of aliphatic hydroxyl groups excluding tert-OH is 6. The second-order valence-corrected chi connectivity index (χ2v) is 15.3. The van der Waals surface area contributed by atoms with Crippen molar-refractivity contribution < 1.29 is 77.0 Å². The van der Waals surface area contributed by atoms with E-state index < -0.39 is 90.5 Å². The zero-order valence-corrected chi connectivity index (χ0v) is 29.4. The van der Waals surface area contributed by atoms with Crippen molar-refractivity contribution in [1.29, 1.82) is 0 Å². The molecule has 2 amide bonds. The molecular formula is C27H36N9O15P2+. The van der Waals surface area contributed by atoms with Crippen molar-refractivity contribution >= 4 is 55.5 Å². The number of aliphatic hydroxyl groups is 6. The van der Waals surface area contributed by atoms with Crippen molar-refractivity contribution in [1.82, 2.24) is 29.8 Å². The minimum absolute atomic E-state index is 0.00237. The molecule has 12 N–H and O–H groups in total. The number of fused-ring (bicyclic) bond motifs is 3. The molecule has 288 valence electrons. The number of hydrogen-bond acceptors (Lipinski definition) is 18. The largest absolute Gasteiger partial charge is 0.481 e. The van der Waals surface area contributed by atoms with Crippen molar-refractivity contribution in [2.24, 2.45) is 0 Å². The number of hydrogen-bond donors (Lipinski definition) is 11. The third-order valence-corrected chi connectivity index (χ3v) is 11.2. The second kappa shape index (κ2) is 14.8. The molecule has 24 nitrogen and oxygen atoms in total. The standard InChI is InChI=1S/C27H35N9O15P2/c1-10-3-12-13(4-11(10)2)35(24-18(32-12)25(42)34-27(43)33-24)5-14(37)19(39)15(38)6-48-52(44,45)51-53(46,47)49-7-16-20(40)21(41)26(50-16)36-9-31-17-22(28)29-8-30-23(17)36/h3-4,8-9,14-16,19-21,25-26,37-42H,5-7H2,1-2H3,(H5,28,29,30,34,43,44,45,46,47)/p+1/t14-,15+,16+,19-,20+,21+,25?,26+/m0/s1. The van der Waals surface area contributed by atoms with Crippen LogP contribution in [0.15, 0.2) is 24.8 Å². The van der Waals surface area contributed by atoms with Crippen LogP contribution in [0.25, 0.3) is 22.2 Å². The summed E-state index contributed by atoms with van der Waals surface area (Å²) < 4.78 is 46.8. The molecule has 1 aromatic carbocycles. The van der Waals surface area contributed by atoms with E-state index in [1.807, 2.05) is 6.92 Å². The van der Waals surface area contributed by atoms with Crippen LogP contribution in [-0.2, 0) is 33.8 Å². The number of rotatable bonds is 13. The smallest absolute Gasteiger partial charge is 0.388 e. The Morgan fingerprint density at radius 3 is 2.45 bits per heavy atom. The third-order valence-electron chi connectivity index (χ3n) is 8.57. The molecule has 3 unspecified atom stereocenters. The van der Waals surface area contributed by atoms with Crippen LogP contribution in [0.4, 0.5) is 16.4 Å². The van der Waals surface area contributed by atoms with Crippen molar-refractivity contribution in [3.8, 4) is 0 Å². The summed E-state index contributed by atoms with van der Waals surface area (Å²) in [6, 6.07) is 2.62. The highest BCUT2D eigenvalue weighted by Gasteiger charge is 2.46. The van der Waals surface area contributed by atoms with Crippen LogP contribution in [0.2, 0.25) is 0 Å². The van der Waals surface area contributed by atoms with Gasteiger partial charge in [0.1, 0.15) is 60.5 Å². The molecular weight excluding hydrogens is 752 g/mol. The van der Waals surface area contributed by atoms with Crippen LogP contribution in [0.3, 0.4) is 0 Å². The first-order valence-corrected chi connectivity index (χ1v) is 18.6. The Labute approximate surface area is 297 Å². The Kier molecular flexibility index (Phi) is 10.8. The average Bonchev–Trinajstić information content (AvgIpc) is 3.63. The molecule has 2 aliphatic rings. The van der Waals surface area contributed by atoms with Gasteiger partial charge in [0.2, 0.25) is 0 Å². The lowest BCUT2D eigenvalue weighted by Crippen LogP contribution is -2.53. The molecule has 2 aliphatic heterocycles. The topological polar surface area (TPSA) is 360 Å². The Balaban J connectivity index is 1.06. The molecule has 53 heavy (non-hydrogen) atoms. The lowest BCUT2D eigenvalue weighted by atomic mass is 10.1. The molecule has 4 aromatic rings. The fourth-order valence-electron chi connectivity index (χ4n) is 5.70. The van der Waals surface area contributed by atoms with E-state index >= 15 is 0 Å². The Morgan fingerprint density at radius 1 is 1.02 bits per heavy atom. The molecule has 0 bridgehead atoms. The van der Waals surface area contributed by atoms with Crippen molar-refractivity contribution in [2.75, 3.05) is 24.3 Å². The van der Waals surface area contributed by atoms with E-state index in [1.54, 1.807) is 19.1 Å². The monoisotopic (exact) mass is 788 g/mol. The van der Waals surface area contributed by atoms with Gasteiger partial charge >= 0.3 is 27.5 Å². The molecule has 6 rings (SSSR count). The number of amides is 2. The summed E-state index contributed by atoms with van der Waals surface area (Å²) in [7, 11) is -11.0. The number of phosphoric acid groups is 2. The lowest BCUT2D eigenvalue weighted by Gasteiger charge is -2.25. The number of phosphoric ester groups is 2. The van der Waals surface area contributed by atoms with Crippen molar-refractivity contribution in [2.45, 2.75) is 69.5 Å². The number of benzene rings is 1. The summed E-state index contributed by atoms with van der Waals surface area (Å²) >= 11 is 0. The quantitative estimate of drug-likeness (QED) is 0.0498. The van der Waals surface area contributed by atoms with E-state index in [-0.39, 0.29) is 28.5 Å². The van der Waals surface area contributed by atoms with Gasteiger partial charge in [-0.1, -0.05) is 0 Å². The van der Waals surface area contributed by atoms with Crippen molar-refractivity contribution in [3.63, 3.8) is 0 Å². The van der Waals surface area contributed by atoms with E-state index in [9.17, 15) is 54.4 Å². The number of carbonyl (C=O) groups is 1. The SMILES string of the molecule is Cc1cc2nc3c([n+](C[C@H](O)[C@H](O)[C@H](O)COP(=O)(O)OP(=O)(O)OC[C@H]4O[C@@H](n5cnc6c(N)ncnc65)[C@H](O)[C@@H]4O)c2cc1C)NC(=O)NC3O. The number of nitrogens with two attached hydrogens (primary N) is 1. The summed E-state index contributed by atoms with van der Waals surface area (Å²) in [6.07, 6.45) is -11.3. The van der Waals surface area contributed by atoms with Gasteiger partial charge in [-0.2, -0.15) is 9.63 Å². The van der Waals surface area contributed by atoms with Gasteiger partial charge in [-0.3, -0.25) is 18.9 Å². The molecule has 1 saturated heterocycles. The summed E-state index contributed by atoms with van der Waals surface area (Å²) in [4.78, 5) is 48.6. The van der Waals surface area contributed by atoms with Crippen LogP contribution < -0.4 is 20.9 Å². The number of anilines is 2. The van der Waals surface area contributed by atoms with E-state index in [1.165, 1.54) is 15.5 Å². The number of urea groups is 1. The molecule has 26 heteroatoms. The molecule has 0 radical (unpaired) electrons. The number of nitrogens with one attached hydrogen (secondary N) is 2. The van der Waals surface area contributed by atoms with Gasteiger partial charge in [-0.25, -0.2) is 38.4 Å². The maximum atomic E-state index is 12.5. The van der Waals surface area contributed by atoms with E-state index in [0.29, 0.717) is 11.0 Å². The van der Waals surface area contributed by atoms with Gasteiger partial charge in [-0.15, -0.1) is 0 Å². The van der Waals surface area contributed by atoms with Gasteiger partial charge in [0.05, 0.1) is 19.5 Å². The highest BCUT2D eigenvalue weighted by molar-refractivity contribution is 7.61. The molecule has 0 saturated carbocycles. The lowest BCUT2D eigenvalue weighted by molar-refractivity contribution is -0.667. The van der Waals surface area contributed by atoms with E-state index in [4.69, 9.17) is 15.0 Å². The minimum Gasteiger partial charge on any atom is -0.388 e. The average molecular weight is 789 g/mol. The maximum absolute atomic E-state index is 12.5. The normalized spacial score (nSPS) is 25.6. The fraction of sp³-hybridized carbons (Fsp3) is 0.481. The van der Waals surface area contributed by atoms with E-state index in [0.717, 1.165) is 17.5 Å². The van der Waals surface area contributed by atoms with Gasteiger partial charge in [0.25, 0.3) is 0 Å². The minimum atomic E-state index is -5.53. The Bertz CT molecular complexity index is 2140. The molecule has 0 spiro atoms. The highest BCUT2D eigenvalue weighted by atomic mass is 31.3. The van der Waals surface area contributed by atoms with Crippen LogP contribution >= 0.6 is 15.6 Å². The first-order chi connectivity index (χ1) is 24.9. The molecule has 5 heterocycles. The number of aryl methyl sites for hydroxylation is 2. The first kappa shape index (κ1) is 38.9. The number of aromatic nitrogens is 6. The predicted octanol–water partition coefficient (Wildman–Crippen LogP) is -2.36. The zero-order chi connectivity index (χ0) is 38.6. The zero-order valence-electron chi connectivity index (χ0n) is 27.6. The molecule has 3 aromatic heterocycles. The number of ether oxygens (including phenoxy) is 1. The van der Waals surface area contributed by atoms with Crippen LogP contribution in [0, 0.1) is 13.8 Å². The summed E-state index contributed by atoms with van der Waals surface area (Å²) in [5.74, 6) is 0.0159. The summed E-state index contributed by atoms with van der Waals surface area (Å²) in [6.45, 7) is 0.955. The highest BCUT2D eigenvalue weighted by Crippen LogP contribution is 2.60. The van der Waals surface area contributed by atoms with Gasteiger partial charge in [0.15, 0.2) is 35.1 Å². The van der Waals surface area contributed by atoms with Crippen LogP contribution in [0.1, 0.15) is 29.3 Å². The van der Waals surface area contributed by atoms with Crippen LogP contribution in [-0.4, -0.2) is 121 Å². The van der Waals surface area contributed by atoms with E-state index in [2.05, 4.69) is 39.4 Å². The summed E-state index contributed by atoms with van der Waals surface area (Å²) in [5.41, 5.74) is 8.47. The first-order valence-electron chi connectivity index (χ1n) is 15.6. The number of imidazole rings is 1. The fourth-order valence-corrected chi connectivity index (χ4v) is 7.80. The predicted molar refractivity (Wildman–Crippen MR) is 175 cm³/mol. The number of nitrogen functional groups attached to an aromatic ring is 1. The van der Waals surface area contributed by atoms with Gasteiger partial charge in [-0.05, 0) is 37.1 Å². The number of nitrogens with zero attached hydrogens (tertiary/aromatic N) is 6. The molecule has 1 fully saturated rings. The summed E-state index contributed by atoms with van der Waals surface area (Å²) in [5, 5.41) is 68.3. The Hall–Kier alpha value is -3.84. The van der Waals surface area contributed by atoms with Gasteiger partial charge in [0, 0.05) is 0 Å². The van der Waals surface area contributed by atoms with Crippen molar-refractivity contribution in [3.05, 3.63) is 41.6 Å². The third kappa shape index (κ3) is 8.01. The Morgan fingerprint density at radius 2 is 1.72 bits per heavy atom. The van der Waals surface area contributed by atoms with Crippen LogP contribution in [0.5, 0.6) is 0 Å². The van der Waals surface area contributed by atoms with Gasteiger partial charge < -0.3 is 50.9 Å².